The zero-order valence-corrected chi connectivity index (χ0v) is 19.1. The minimum Gasteiger partial charge on any atom is -0.349 e. The first kappa shape index (κ1) is 22.0. The van der Waals surface area contributed by atoms with E-state index in [4.69, 9.17) is 0 Å². The number of nitrogens with one attached hydrogen (secondary N) is 1. The predicted molar refractivity (Wildman–Crippen MR) is 124 cm³/mol. The van der Waals surface area contributed by atoms with E-state index < -0.39 is 0 Å². The molecule has 166 valence electrons. The van der Waals surface area contributed by atoms with Crippen LogP contribution in [0.4, 0.5) is 0 Å². The van der Waals surface area contributed by atoms with Gasteiger partial charge in [-0.25, -0.2) is 0 Å². The average molecular weight is 441 g/mol. The maximum atomic E-state index is 12.8. The van der Waals surface area contributed by atoms with Gasteiger partial charge in [-0.3, -0.25) is 19.4 Å². The van der Waals surface area contributed by atoms with Crippen LogP contribution in [0.25, 0.3) is 0 Å². The second-order valence-electron chi connectivity index (χ2n) is 8.62. The van der Waals surface area contributed by atoms with E-state index in [1.807, 2.05) is 21.7 Å². The Morgan fingerprint density at radius 3 is 2.42 bits per heavy atom. The number of rotatable bonds is 6. The summed E-state index contributed by atoms with van der Waals surface area (Å²) < 4.78 is 0. The van der Waals surface area contributed by atoms with Gasteiger partial charge in [0.1, 0.15) is 0 Å². The number of thiophene rings is 1. The predicted octanol–water partition coefficient (Wildman–Crippen LogP) is 2.60. The van der Waals surface area contributed by atoms with Gasteiger partial charge in [-0.15, -0.1) is 0 Å². The fourth-order valence-electron chi connectivity index (χ4n) is 4.37. The van der Waals surface area contributed by atoms with Crippen molar-refractivity contribution in [1.82, 2.24) is 20.0 Å². The van der Waals surface area contributed by atoms with E-state index in [0.717, 1.165) is 64.2 Å². The van der Waals surface area contributed by atoms with Crippen LogP contribution in [0.3, 0.4) is 0 Å². The molecule has 1 N–H and O–H groups in total. The number of piperazine rings is 1. The molecule has 1 aromatic carbocycles. The molecule has 0 radical (unpaired) electrons. The molecule has 0 atom stereocenters. The molecule has 2 aromatic rings. The summed E-state index contributed by atoms with van der Waals surface area (Å²) in [4.78, 5) is 31.7. The summed E-state index contributed by atoms with van der Waals surface area (Å²) in [5, 5.41) is 6.93. The lowest BCUT2D eigenvalue weighted by atomic mass is 10.0. The standard InChI is InChI=1S/C24H32N4O2S/c1-19-4-2-3-5-20(19)16-27-11-13-28(14-12-27)23(29)17-26-9-6-22(7-10-26)25-24(30)21-8-15-31-18-21/h2-5,8,15,18,22H,6-7,9-14,16-17H2,1H3,(H,25,30). The van der Waals surface area contributed by atoms with Gasteiger partial charge in [0.15, 0.2) is 0 Å². The van der Waals surface area contributed by atoms with Crippen LogP contribution in [0.15, 0.2) is 41.1 Å². The van der Waals surface area contributed by atoms with E-state index >= 15 is 0 Å². The van der Waals surface area contributed by atoms with Crippen molar-refractivity contribution in [1.29, 1.82) is 0 Å². The van der Waals surface area contributed by atoms with Crippen molar-refractivity contribution < 1.29 is 9.59 Å². The third-order valence-electron chi connectivity index (χ3n) is 6.45. The Bertz CT molecular complexity index is 869. The molecule has 2 fully saturated rings. The first-order valence-corrected chi connectivity index (χ1v) is 12.1. The number of amides is 2. The van der Waals surface area contributed by atoms with Crippen molar-refractivity contribution >= 4 is 23.2 Å². The van der Waals surface area contributed by atoms with Gasteiger partial charge in [-0.1, -0.05) is 24.3 Å². The molecule has 0 aliphatic carbocycles. The second kappa shape index (κ2) is 10.4. The van der Waals surface area contributed by atoms with Crippen LogP contribution in [0.1, 0.15) is 34.3 Å². The number of benzene rings is 1. The van der Waals surface area contributed by atoms with Crippen LogP contribution < -0.4 is 5.32 Å². The van der Waals surface area contributed by atoms with Crippen LogP contribution in [-0.4, -0.2) is 78.4 Å². The first-order chi connectivity index (χ1) is 15.1. The topological polar surface area (TPSA) is 55.9 Å². The van der Waals surface area contributed by atoms with E-state index in [-0.39, 0.29) is 17.9 Å². The Morgan fingerprint density at radius 2 is 1.74 bits per heavy atom. The Labute approximate surface area is 188 Å². The highest BCUT2D eigenvalue weighted by Gasteiger charge is 2.26. The fourth-order valence-corrected chi connectivity index (χ4v) is 5.01. The molecule has 2 saturated heterocycles. The Balaban J connectivity index is 1.16. The monoisotopic (exact) mass is 440 g/mol. The van der Waals surface area contributed by atoms with Crippen molar-refractivity contribution in [3.8, 4) is 0 Å². The largest absolute Gasteiger partial charge is 0.349 e. The van der Waals surface area contributed by atoms with Crippen LogP contribution in [0.5, 0.6) is 0 Å². The summed E-state index contributed by atoms with van der Waals surface area (Å²) in [5.41, 5.74) is 3.44. The maximum Gasteiger partial charge on any atom is 0.252 e. The molecule has 2 amide bonds. The number of nitrogens with zero attached hydrogens (tertiary/aromatic N) is 3. The van der Waals surface area contributed by atoms with Crippen LogP contribution in [0.2, 0.25) is 0 Å². The van der Waals surface area contributed by atoms with E-state index in [9.17, 15) is 9.59 Å². The summed E-state index contributed by atoms with van der Waals surface area (Å²) in [6.07, 6.45) is 1.79. The number of aryl methyl sites for hydroxylation is 1. The number of likely N-dealkylation sites (tertiary alicyclic amines) is 1. The number of hydrogen-bond donors (Lipinski definition) is 1. The quantitative estimate of drug-likeness (QED) is 0.750. The average Bonchev–Trinajstić information content (AvgIpc) is 3.32. The van der Waals surface area contributed by atoms with E-state index in [1.165, 1.54) is 22.5 Å². The fraction of sp³-hybridized carbons (Fsp3) is 0.500. The highest BCUT2D eigenvalue weighted by atomic mass is 32.1. The molecule has 6 nitrogen and oxygen atoms in total. The number of carbonyl (C=O) groups is 2. The Hall–Kier alpha value is -2.22. The number of carbonyl (C=O) groups excluding carboxylic acids is 2. The number of piperidine rings is 1. The molecule has 7 heteroatoms. The van der Waals surface area contributed by atoms with E-state index in [1.54, 1.807) is 0 Å². The Kier molecular flexibility index (Phi) is 7.37. The van der Waals surface area contributed by atoms with Crippen molar-refractivity contribution in [3.05, 3.63) is 57.8 Å². The molecule has 0 unspecified atom stereocenters. The molecule has 2 aliphatic rings. The van der Waals surface area contributed by atoms with Crippen molar-refractivity contribution in [2.75, 3.05) is 45.8 Å². The van der Waals surface area contributed by atoms with Crippen molar-refractivity contribution in [2.45, 2.75) is 32.4 Å². The summed E-state index contributed by atoms with van der Waals surface area (Å²) in [5.74, 6) is 0.246. The van der Waals surface area contributed by atoms with E-state index in [0.29, 0.717) is 6.54 Å². The molecule has 0 bridgehead atoms. The summed E-state index contributed by atoms with van der Waals surface area (Å²) in [6.45, 7) is 8.78. The molecule has 31 heavy (non-hydrogen) atoms. The second-order valence-corrected chi connectivity index (χ2v) is 9.40. The highest BCUT2D eigenvalue weighted by Crippen LogP contribution is 2.15. The van der Waals surface area contributed by atoms with Gasteiger partial charge >= 0.3 is 0 Å². The Morgan fingerprint density at radius 1 is 1.00 bits per heavy atom. The molecule has 0 saturated carbocycles. The minimum absolute atomic E-state index is 0.0133. The van der Waals surface area contributed by atoms with Crippen molar-refractivity contribution in [3.63, 3.8) is 0 Å². The number of hydrogen-bond acceptors (Lipinski definition) is 5. The highest BCUT2D eigenvalue weighted by molar-refractivity contribution is 7.08. The van der Waals surface area contributed by atoms with Gasteiger partial charge in [0.05, 0.1) is 6.54 Å². The molecule has 1 aromatic heterocycles. The van der Waals surface area contributed by atoms with Gasteiger partial charge in [-0.05, 0) is 42.3 Å². The summed E-state index contributed by atoms with van der Waals surface area (Å²) in [7, 11) is 0. The molecular weight excluding hydrogens is 408 g/mol. The molecule has 3 heterocycles. The van der Waals surface area contributed by atoms with Crippen LogP contribution in [0, 0.1) is 6.92 Å². The lowest BCUT2D eigenvalue weighted by molar-refractivity contribution is -0.134. The SMILES string of the molecule is Cc1ccccc1CN1CCN(C(=O)CN2CCC(NC(=O)c3ccsc3)CC2)CC1. The summed E-state index contributed by atoms with van der Waals surface area (Å²) >= 11 is 1.54. The van der Waals surface area contributed by atoms with E-state index in [2.05, 4.69) is 46.3 Å². The zero-order chi connectivity index (χ0) is 21.6. The van der Waals surface area contributed by atoms with Crippen molar-refractivity contribution in [2.24, 2.45) is 0 Å². The lowest BCUT2D eigenvalue weighted by Crippen LogP contribution is -2.52. The van der Waals surface area contributed by atoms with Gasteiger partial charge in [0.25, 0.3) is 5.91 Å². The zero-order valence-electron chi connectivity index (χ0n) is 18.3. The molecular formula is C24H32N4O2S. The molecule has 2 aliphatic heterocycles. The smallest absolute Gasteiger partial charge is 0.252 e. The van der Waals surface area contributed by atoms with Gasteiger partial charge in [0.2, 0.25) is 5.91 Å². The van der Waals surface area contributed by atoms with Gasteiger partial charge in [-0.2, -0.15) is 11.3 Å². The molecule has 4 rings (SSSR count). The third-order valence-corrected chi connectivity index (χ3v) is 7.13. The van der Waals surface area contributed by atoms with Gasteiger partial charge < -0.3 is 10.2 Å². The maximum absolute atomic E-state index is 12.8. The lowest BCUT2D eigenvalue weighted by Gasteiger charge is -2.37. The normalized spacial score (nSPS) is 18.8. The molecule has 0 spiro atoms. The third kappa shape index (κ3) is 5.93. The van der Waals surface area contributed by atoms with Crippen LogP contribution in [-0.2, 0) is 11.3 Å². The van der Waals surface area contributed by atoms with Crippen LogP contribution >= 0.6 is 11.3 Å². The first-order valence-electron chi connectivity index (χ1n) is 11.2. The minimum atomic E-state index is 0.0133. The summed E-state index contributed by atoms with van der Waals surface area (Å²) in [6, 6.07) is 10.6. The van der Waals surface area contributed by atoms with Gasteiger partial charge in [0, 0.05) is 62.8 Å².